The Balaban J connectivity index is 2.70. The van der Waals surface area contributed by atoms with E-state index in [1.807, 2.05) is 0 Å². The molecule has 0 bridgehead atoms. The van der Waals surface area contributed by atoms with E-state index in [0.29, 0.717) is 11.1 Å². The van der Waals surface area contributed by atoms with E-state index < -0.39 is 5.97 Å². The van der Waals surface area contributed by atoms with Crippen molar-refractivity contribution in [2.75, 3.05) is 7.11 Å². The molecule has 1 aromatic carbocycles. The summed E-state index contributed by atoms with van der Waals surface area (Å²) in [6, 6.07) is 2.71. The average Bonchev–Trinajstić information content (AvgIpc) is 2.70. The molecule has 0 spiro atoms. The number of methoxy groups -OCH3 is 1. The Morgan fingerprint density at radius 1 is 1.56 bits per heavy atom. The average molecular weight is 223 g/mol. The summed E-state index contributed by atoms with van der Waals surface area (Å²) >= 11 is 0. The van der Waals surface area contributed by atoms with Crippen LogP contribution in [0.1, 0.15) is 16.2 Å². The van der Waals surface area contributed by atoms with Gasteiger partial charge in [0.1, 0.15) is 12.1 Å². The van der Waals surface area contributed by atoms with Crippen LogP contribution in [0.2, 0.25) is 0 Å². The fourth-order valence-corrected chi connectivity index (χ4v) is 1.39. The zero-order chi connectivity index (χ0) is 11.7. The number of hydrogen-bond acceptors (Lipinski definition) is 5. The van der Waals surface area contributed by atoms with Gasteiger partial charge in [-0.05, 0) is 12.1 Å². The molecule has 0 saturated heterocycles. The molecule has 0 fully saturated rings. The number of ether oxygens (including phenoxy) is 1. The van der Waals surface area contributed by atoms with E-state index in [2.05, 4.69) is 4.98 Å². The molecule has 0 amide bonds. The fraction of sp³-hybridized carbons (Fsp3) is 0.200. The third kappa shape index (κ3) is 1.59. The van der Waals surface area contributed by atoms with E-state index in [9.17, 15) is 4.79 Å². The first-order chi connectivity index (χ1) is 7.65. The second kappa shape index (κ2) is 3.82. The molecule has 2 aromatic rings. The Morgan fingerprint density at radius 3 is 2.88 bits per heavy atom. The van der Waals surface area contributed by atoms with Crippen LogP contribution in [0, 0.1) is 0 Å². The highest BCUT2D eigenvalue weighted by atomic mass is 16.5. The minimum atomic E-state index is -1.08. The van der Waals surface area contributed by atoms with Gasteiger partial charge in [0.15, 0.2) is 11.3 Å². The lowest BCUT2D eigenvalue weighted by molar-refractivity contribution is 0.0696. The SMILES string of the molecule is COc1cc(C(=O)O)cc2nc(CO)oc12. The topological polar surface area (TPSA) is 92.8 Å². The summed E-state index contributed by atoms with van der Waals surface area (Å²) in [5.41, 5.74) is 0.736. The summed E-state index contributed by atoms with van der Waals surface area (Å²) in [6.07, 6.45) is 0. The highest BCUT2D eigenvalue weighted by molar-refractivity contribution is 5.94. The van der Waals surface area contributed by atoms with Crippen LogP contribution in [-0.2, 0) is 6.61 Å². The van der Waals surface area contributed by atoms with Gasteiger partial charge >= 0.3 is 5.97 Å². The third-order valence-corrected chi connectivity index (χ3v) is 2.10. The molecule has 1 aromatic heterocycles. The first-order valence-corrected chi connectivity index (χ1v) is 4.47. The summed E-state index contributed by atoms with van der Waals surface area (Å²) in [5.74, 6) is -0.674. The molecule has 0 saturated carbocycles. The standard InChI is InChI=1S/C10H9NO5/c1-15-7-3-5(10(13)14)2-6-9(7)16-8(4-12)11-6/h2-3,12H,4H2,1H3,(H,13,14). The van der Waals surface area contributed by atoms with Crippen molar-refractivity contribution < 1.29 is 24.2 Å². The Hall–Kier alpha value is -2.08. The van der Waals surface area contributed by atoms with Gasteiger partial charge in [0.2, 0.25) is 5.89 Å². The Labute approximate surface area is 90.1 Å². The molecular weight excluding hydrogens is 214 g/mol. The van der Waals surface area contributed by atoms with Gasteiger partial charge in [0, 0.05) is 0 Å². The lowest BCUT2D eigenvalue weighted by Crippen LogP contribution is -1.97. The van der Waals surface area contributed by atoms with Crippen LogP contribution in [0.15, 0.2) is 16.5 Å². The first kappa shape index (κ1) is 10.4. The van der Waals surface area contributed by atoms with Crippen LogP contribution in [0.5, 0.6) is 5.75 Å². The van der Waals surface area contributed by atoms with Crippen LogP contribution in [-0.4, -0.2) is 28.3 Å². The summed E-state index contributed by atoms with van der Waals surface area (Å²) in [5, 5.41) is 17.7. The molecule has 16 heavy (non-hydrogen) atoms. The van der Waals surface area contributed by atoms with Crippen molar-refractivity contribution in [3.8, 4) is 5.75 Å². The normalized spacial score (nSPS) is 10.6. The third-order valence-electron chi connectivity index (χ3n) is 2.10. The van der Waals surface area contributed by atoms with Gasteiger partial charge in [-0.2, -0.15) is 0 Å². The molecule has 84 valence electrons. The second-order valence-electron chi connectivity index (χ2n) is 3.10. The quantitative estimate of drug-likeness (QED) is 0.807. The maximum atomic E-state index is 10.8. The van der Waals surface area contributed by atoms with E-state index in [-0.39, 0.29) is 23.8 Å². The number of carboxylic acid groups (broad SMARTS) is 1. The highest BCUT2D eigenvalue weighted by Crippen LogP contribution is 2.28. The number of fused-ring (bicyclic) bond motifs is 1. The lowest BCUT2D eigenvalue weighted by atomic mass is 10.2. The molecule has 0 atom stereocenters. The number of rotatable bonds is 3. The molecule has 0 aliphatic rings. The molecule has 0 aliphatic heterocycles. The van der Waals surface area contributed by atoms with Crippen molar-refractivity contribution in [3.05, 3.63) is 23.6 Å². The van der Waals surface area contributed by atoms with Gasteiger partial charge in [0.25, 0.3) is 0 Å². The first-order valence-electron chi connectivity index (χ1n) is 4.47. The summed E-state index contributed by atoms with van der Waals surface area (Å²) in [4.78, 5) is 14.7. The minimum Gasteiger partial charge on any atom is -0.493 e. The smallest absolute Gasteiger partial charge is 0.335 e. The van der Waals surface area contributed by atoms with Crippen molar-refractivity contribution in [1.82, 2.24) is 4.98 Å². The molecule has 2 rings (SSSR count). The summed E-state index contributed by atoms with van der Waals surface area (Å²) < 4.78 is 10.2. The predicted molar refractivity (Wildman–Crippen MR) is 53.4 cm³/mol. The number of aromatic nitrogens is 1. The molecular formula is C10H9NO5. The number of aliphatic hydroxyl groups is 1. The van der Waals surface area contributed by atoms with Crippen LogP contribution in [0.4, 0.5) is 0 Å². The zero-order valence-electron chi connectivity index (χ0n) is 8.43. The Kier molecular flexibility index (Phi) is 2.49. The van der Waals surface area contributed by atoms with E-state index in [4.69, 9.17) is 19.4 Å². The summed E-state index contributed by atoms with van der Waals surface area (Å²) in [7, 11) is 1.40. The van der Waals surface area contributed by atoms with Crippen molar-refractivity contribution in [1.29, 1.82) is 0 Å². The number of oxazole rings is 1. The fourth-order valence-electron chi connectivity index (χ4n) is 1.39. The van der Waals surface area contributed by atoms with Crippen LogP contribution < -0.4 is 4.74 Å². The second-order valence-corrected chi connectivity index (χ2v) is 3.10. The van der Waals surface area contributed by atoms with E-state index in [1.54, 1.807) is 0 Å². The van der Waals surface area contributed by atoms with Gasteiger partial charge < -0.3 is 19.4 Å². The predicted octanol–water partition coefficient (Wildman–Crippen LogP) is 1.03. The molecule has 6 heteroatoms. The number of aliphatic hydroxyl groups excluding tert-OH is 1. The number of hydrogen-bond donors (Lipinski definition) is 2. The lowest BCUT2D eigenvalue weighted by Gasteiger charge is -2.01. The van der Waals surface area contributed by atoms with E-state index in [0.717, 1.165) is 0 Å². The maximum Gasteiger partial charge on any atom is 0.335 e. The van der Waals surface area contributed by atoms with Gasteiger partial charge in [0.05, 0.1) is 12.7 Å². The van der Waals surface area contributed by atoms with Gasteiger partial charge in [-0.15, -0.1) is 0 Å². The van der Waals surface area contributed by atoms with E-state index in [1.165, 1.54) is 19.2 Å². The molecule has 0 aliphatic carbocycles. The number of nitrogens with zero attached hydrogens (tertiary/aromatic N) is 1. The number of benzene rings is 1. The van der Waals surface area contributed by atoms with Crippen LogP contribution in [0.3, 0.4) is 0 Å². The maximum absolute atomic E-state index is 10.8. The molecule has 1 heterocycles. The monoisotopic (exact) mass is 223 g/mol. The van der Waals surface area contributed by atoms with E-state index >= 15 is 0 Å². The molecule has 6 nitrogen and oxygen atoms in total. The van der Waals surface area contributed by atoms with Crippen molar-refractivity contribution in [2.24, 2.45) is 0 Å². The molecule has 0 unspecified atom stereocenters. The summed E-state index contributed by atoms with van der Waals surface area (Å²) in [6.45, 7) is -0.347. The largest absolute Gasteiger partial charge is 0.493 e. The Bertz CT molecular complexity index is 545. The van der Waals surface area contributed by atoms with Crippen LogP contribution >= 0.6 is 0 Å². The van der Waals surface area contributed by atoms with Gasteiger partial charge in [-0.3, -0.25) is 0 Å². The molecule has 0 radical (unpaired) electrons. The van der Waals surface area contributed by atoms with Crippen LogP contribution in [0.25, 0.3) is 11.1 Å². The zero-order valence-corrected chi connectivity index (χ0v) is 8.43. The number of carboxylic acids is 1. The minimum absolute atomic E-state index is 0.0575. The number of carbonyl (C=O) groups is 1. The number of aromatic carboxylic acids is 1. The van der Waals surface area contributed by atoms with Gasteiger partial charge in [-0.1, -0.05) is 0 Å². The van der Waals surface area contributed by atoms with Crippen molar-refractivity contribution in [2.45, 2.75) is 6.61 Å². The van der Waals surface area contributed by atoms with Gasteiger partial charge in [-0.25, -0.2) is 9.78 Å². The molecule has 2 N–H and O–H groups in total. The Morgan fingerprint density at radius 2 is 2.31 bits per heavy atom. The van der Waals surface area contributed by atoms with Crippen molar-refractivity contribution in [3.63, 3.8) is 0 Å². The van der Waals surface area contributed by atoms with Crippen molar-refractivity contribution >= 4 is 17.1 Å². The highest BCUT2D eigenvalue weighted by Gasteiger charge is 2.14.